The molecule has 9 nitrogen and oxygen atoms in total. The molecule has 0 saturated carbocycles. The van der Waals surface area contributed by atoms with Crippen molar-refractivity contribution in [1.82, 2.24) is 5.32 Å². The van der Waals surface area contributed by atoms with Crippen LogP contribution in [-0.4, -0.2) is 59.1 Å². The van der Waals surface area contributed by atoms with E-state index in [9.17, 15) is 29.7 Å². The maximum absolute atomic E-state index is 12.1. The van der Waals surface area contributed by atoms with Gasteiger partial charge in [-0.05, 0) is 11.6 Å². The third kappa shape index (κ3) is 4.44. The fourth-order valence-electron chi connectivity index (χ4n) is 2.88. The van der Waals surface area contributed by atoms with Crippen LogP contribution < -0.4 is 5.32 Å². The van der Waals surface area contributed by atoms with Gasteiger partial charge < -0.3 is 24.8 Å². The first-order chi connectivity index (χ1) is 12.8. The minimum Gasteiger partial charge on any atom is -0.508 e. The number of esters is 1. The van der Waals surface area contributed by atoms with Crippen molar-refractivity contribution in [3.05, 3.63) is 41.5 Å². The van der Waals surface area contributed by atoms with E-state index >= 15 is 0 Å². The maximum Gasteiger partial charge on any atom is 0.336 e. The Morgan fingerprint density at radius 1 is 1.22 bits per heavy atom. The summed E-state index contributed by atoms with van der Waals surface area (Å²) in [7, 11) is 1.52. The highest BCUT2D eigenvalue weighted by Crippen LogP contribution is 2.41. The minimum absolute atomic E-state index is 0.105. The van der Waals surface area contributed by atoms with Gasteiger partial charge >= 0.3 is 17.9 Å². The SMILES string of the molecule is COCCCOC(=O)/C=C1\CC(C(=O)O)(C(=O)O)NC1c1ccccc1O. The van der Waals surface area contributed by atoms with E-state index in [2.05, 4.69) is 5.32 Å². The molecule has 0 aliphatic carbocycles. The third-order valence-electron chi connectivity index (χ3n) is 4.25. The molecule has 1 unspecified atom stereocenters. The molecule has 0 aromatic heterocycles. The average Bonchev–Trinajstić information content (AvgIpc) is 3.00. The number of carbonyl (C=O) groups excluding carboxylic acids is 1. The summed E-state index contributed by atoms with van der Waals surface area (Å²) < 4.78 is 9.88. The van der Waals surface area contributed by atoms with E-state index in [1.54, 1.807) is 12.1 Å². The number of aliphatic carboxylic acids is 2. The van der Waals surface area contributed by atoms with Crippen molar-refractivity contribution in [2.24, 2.45) is 0 Å². The lowest BCUT2D eigenvalue weighted by Crippen LogP contribution is -2.54. The molecule has 9 heteroatoms. The molecular weight excluding hydrogens is 358 g/mol. The Bertz CT molecular complexity index is 743. The van der Waals surface area contributed by atoms with E-state index in [1.807, 2.05) is 0 Å². The maximum atomic E-state index is 12.1. The first-order valence-electron chi connectivity index (χ1n) is 8.20. The Labute approximate surface area is 155 Å². The van der Waals surface area contributed by atoms with Gasteiger partial charge in [-0.2, -0.15) is 0 Å². The first kappa shape index (κ1) is 20.4. The van der Waals surface area contributed by atoms with Crippen LogP contribution in [0.2, 0.25) is 0 Å². The zero-order valence-electron chi connectivity index (χ0n) is 14.7. The van der Waals surface area contributed by atoms with Gasteiger partial charge in [-0.15, -0.1) is 0 Å². The van der Waals surface area contributed by atoms with Crippen LogP contribution in [0.3, 0.4) is 0 Å². The van der Waals surface area contributed by atoms with Crippen LogP contribution in [0.5, 0.6) is 5.75 Å². The molecule has 146 valence electrons. The predicted octanol–water partition coefficient (Wildman–Crippen LogP) is 0.841. The predicted molar refractivity (Wildman–Crippen MR) is 92.1 cm³/mol. The normalized spacial score (nSPS) is 19.7. The van der Waals surface area contributed by atoms with Crippen molar-refractivity contribution < 1.29 is 39.2 Å². The fourth-order valence-corrected chi connectivity index (χ4v) is 2.88. The molecule has 27 heavy (non-hydrogen) atoms. The number of carboxylic acids is 2. The summed E-state index contributed by atoms with van der Waals surface area (Å²) in [5.41, 5.74) is -1.85. The van der Waals surface area contributed by atoms with Crippen molar-refractivity contribution >= 4 is 17.9 Å². The van der Waals surface area contributed by atoms with Gasteiger partial charge in [0, 0.05) is 38.2 Å². The Morgan fingerprint density at radius 3 is 2.48 bits per heavy atom. The van der Waals surface area contributed by atoms with Crippen molar-refractivity contribution in [3.63, 3.8) is 0 Å². The van der Waals surface area contributed by atoms with Crippen molar-refractivity contribution in [1.29, 1.82) is 0 Å². The number of nitrogens with one attached hydrogen (secondary N) is 1. The number of methoxy groups -OCH3 is 1. The number of hydrogen-bond acceptors (Lipinski definition) is 7. The molecule has 0 amide bonds. The minimum atomic E-state index is -2.31. The average molecular weight is 379 g/mol. The van der Waals surface area contributed by atoms with Crippen LogP contribution in [0.15, 0.2) is 35.9 Å². The molecule has 1 aromatic carbocycles. The van der Waals surface area contributed by atoms with Gasteiger partial charge in [-0.1, -0.05) is 18.2 Å². The van der Waals surface area contributed by atoms with E-state index in [1.165, 1.54) is 19.2 Å². The molecule has 1 aromatic rings. The van der Waals surface area contributed by atoms with Crippen LogP contribution in [-0.2, 0) is 23.9 Å². The zero-order valence-corrected chi connectivity index (χ0v) is 14.7. The second-order valence-corrected chi connectivity index (χ2v) is 6.06. The second kappa shape index (κ2) is 8.65. The smallest absolute Gasteiger partial charge is 0.336 e. The summed E-state index contributed by atoms with van der Waals surface area (Å²) in [5.74, 6) is -4.06. The Kier molecular flexibility index (Phi) is 6.54. The molecule has 0 spiro atoms. The molecule has 0 bridgehead atoms. The summed E-state index contributed by atoms with van der Waals surface area (Å²) in [5, 5.41) is 31.5. The summed E-state index contributed by atoms with van der Waals surface area (Å²) in [4.78, 5) is 35.3. The molecule has 1 aliphatic rings. The molecule has 1 fully saturated rings. The van der Waals surface area contributed by atoms with E-state index in [0.717, 1.165) is 6.08 Å². The number of phenolic OH excluding ortho intramolecular Hbond substituents is 1. The zero-order chi connectivity index (χ0) is 20.0. The van der Waals surface area contributed by atoms with Crippen LogP contribution in [0.25, 0.3) is 0 Å². The number of hydrogen-bond donors (Lipinski definition) is 4. The van der Waals surface area contributed by atoms with Gasteiger partial charge in [0.1, 0.15) is 5.75 Å². The monoisotopic (exact) mass is 379 g/mol. The molecule has 0 radical (unpaired) electrons. The standard InChI is InChI=1S/C18H21NO8/c1-26-7-4-8-27-14(21)9-11-10-18(16(22)23,17(24)25)19-15(11)12-5-2-3-6-13(12)20/h2-3,5-6,9,15,19-20H,4,7-8,10H2,1H3,(H,22,23)(H,24,25)/b11-9+. The van der Waals surface area contributed by atoms with Crippen LogP contribution >= 0.6 is 0 Å². The van der Waals surface area contributed by atoms with Crippen molar-refractivity contribution in [3.8, 4) is 5.75 Å². The number of carbonyl (C=O) groups is 3. The Balaban J connectivity index is 2.34. The lowest BCUT2D eigenvalue weighted by atomic mass is 9.93. The van der Waals surface area contributed by atoms with Gasteiger partial charge in [-0.25, -0.2) is 14.4 Å². The van der Waals surface area contributed by atoms with Gasteiger partial charge in [0.2, 0.25) is 5.54 Å². The summed E-state index contributed by atoms with van der Waals surface area (Å²) in [6, 6.07) is 5.12. The highest BCUT2D eigenvalue weighted by Gasteiger charge is 2.54. The van der Waals surface area contributed by atoms with Gasteiger partial charge in [-0.3, -0.25) is 5.32 Å². The fraction of sp³-hybridized carbons (Fsp3) is 0.389. The van der Waals surface area contributed by atoms with Crippen LogP contribution in [0, 0.1) is 0 Å². The third-order valence-corrected chi connectivity index (χ3v) is 4.25. The molecule has 1 atom stereocenters. The molecule has 1 saturated heterocycles. The van der Waals surface area contributed by atoms with Crippen LogP contribution in [0.1, 0.15) is 24.4 Å². The molecule has 2 rings (SSSR count). The Morgan fingerprint density at radius 2 is 1.89 bits per heavy atom. The summed E-state index contributed by atoms with van der Waals surface area (Å²) >= 11 is 0. The molecule has 1 heterocycles. The van der Waals surface area contributed by atoms with Gasteiger partial charge in [0.15, 0.2) is 0 Å². The Hall–Kier alpha value is -2.91. The number of carboxylic acid groups (broad SMARTS) is 2. The molecular formula is C18H21NO8. The quantitative estimate of drug-likeness (QED) is 0.224. The van der Waals surface area contributed by atoms with E-state index in [-0.39, 0.29) is 23.5 Å². The summed E-state index contributed by atoms with van der Waals surface area (Å²) in [6.45, 7) is 0.515. The number of para-hydroxylation sites is 1. The van der Waals surface area contributed by atoms with E-state index < -0.39 is 35.9 Å². The lowest BCUT2D eigenvalue weighted by Gasteiger charge is -2.21. The largest absolute Gasteiger partial charge is 0.508 e. The van der Waals surface area contributed by atoms with Gasteiger partial charge in [0.05, 0.1) is 12.6 Å². The summed E-state index contributed by atoms with van der Waals surface area (Å²) in [6.07, 6.45) is 1.11. The van der Waals surface area contributed by atoms with Crippen LogP contribution in [0.4, 0.5) is 0 Å². The highest BCUT2D eigenvalue weighted by molar-refractivity contribution is 6.04. The number of aromatic hydroxyl groups is 1. The molecule has 1 aliphatic heterocycles. The van der Waals surface area contributed by atoms with Crippen molar-refractivity contribution in [2.45, 2.75) is 24.4 Å². The number of rotatable bonds is 8. The number of phenols is 1. The lowest BCUT2D eigenvalue weighted by molar-refractivity contribution is -0.158. The van der Waals surface area contributed by atoms with Crippen molar-refractivity contribution in [2.75, 3.05) is 20.3 Å². The van der Waals surface area contributed by atoms with E-state index in [0.29, 0.717) is 13.0 Å². The topological polar surface area (TPSA) is 142 Å². The highest BCUT2D eigenvalue weighted by atomic mass is 16.5. The van der Waals surface area contributed by atoms with E-state index in [4.69, 9.17) is 9.47 Å². The number of ether oxygens (including phenoxy) is 2. The molecule has 4 N–H and O–H groups in total. The second-order valence-electron chi connectivity index (χ2n) is 6.06. The van der Waals surface area contributed by atoms with Gasteiger partial charge in [0.25, 0.3) is 0 Å². The first-order valence-corrected chi connectivity index (χ1v) is 8.20. The number of benzene rings is 1.